The van der Waals surface area contributed by atoms with Crippen LogP contribution in [-0.4, -0.2) is 35.6 Å². The minimum absolute atomic E-state index is 0.0322. The molecule has 98 valence electrons. The van der Waals surface area contributed by atoms with Gasteiger partial charge in [0.2, 0.25) is 5.96 Å². The highest BCUT2D eigenvalue weighted by atomic mass is 16.5. The number of aromatic hydroxyl groups is 1. The number of phenolic OH excluding ortho intramolecular Hbond substituents is 1. The van der Waals surface area contributed by atoms with E-state index in [1.165, 1.54) is 0 Å². The van der Waals surface area contributed by atoms with E-state index in [-0.39, 0.29) is 17.6 Å². The number of aliphatic imine (C=N–C) groups is 2. The third-order valence-corrected chi connectivity index (χ3v) is 2.54. The molecule has 0 amide bonds. The van der Waals surface area contributed by atoms with Crippen molar-refractivity contribution in [1.29, 1.82) is 0 Å². The molecule has 1 aromatic carbocycles. The van der Waals surface area contributed by atoms with Gasteiger partial charge >= 0.3 is 0 Å². The lowest BCUT2D eigenvalue weighted by atomic mass is 9.97. The summed E-state index contributed by atoms with van der Waals surface area (Å²) in [6, 6.07) is 6.99. The molecule has 0 spiro atoms. The fraction of sp³-hybridized carbons (Fsp3) is 0.333. The molecule has 0 radical (unpaired) electrons. The zero-order valence-electron chi connectivity index (χ0n) is 10.5. The predicted molar refractivity (Wildman–Crippen MR) is 71.1 cm³/mol. The maximum atomic E-state index is 9.79. The Morgan fingerprint density at radius 3 is 2.67 bits per heavy atom. The van der Waals surface area contributed by atoms with Crippen LogP contribution in [0.25, 0.3) is 0 Å². The number of hydrogen-bond donors (Lipinski definition) is 4. The van der Waals surface area contributed by atoms with Crippen molar-refractivity contribution in [3.63, 3.8) is 0 Å². The zero-order chi connectivity index (χ0) is 13.5. The molecule has 0 saturated carbocycles. The first kappa shape index (κ1) is 14.0. The number of phenols is 1. The van der Waals surface area contributed by atoms with E-state index in [4.69, 9.17) is 10.9 Å². The van der Waals surface area contributed by atoms with Crippen LogP contribution in [0.3, 0.4) is 0 Å². The van der Waals surface area contributed by atoms with Crippen LogP contribution in [0.2, 0.25) is 0 Å². The number of nitrogens with one attached hydrogen (secondary N) is 1. The van der Waals surface area contributed by atoms with E-state index >= 15 is 0 Å². The van der Waals surface area contributed by atoms with E-state index in [0.29, 0.717) is 12.1 Å². The second-order valence-electron chi connectivity index (χ2n) is 3.86. The topological polar surface area (TPSA) is 103 Å². The van der Waals surface area contributed by atoms with Gasteiger partial charge < -0.3 is 10.8 Å². The molecule has 1 unspecified atom stereocenters. The second-order valence-corrected chi connectivity index (χ2v) is 3.86. The molecule has 0 aliphatic carbocycles. The van der Waals surface area contributed by atoms with Gasteiger partial charge in [-0.15, -0.1) is 0 Å². The van der Waals surface area contributed by atoms with E-state index in [9.17, 15) is 5.11 Å². The number of para-hydroxylation sites is 1. The summed E-state index contributed by atoms with van der Waals surface area (Å²) in [6.07, 6.45) is 0. The lowest BCUT2D eigenvalue weighted by molar-refractivity contribution is 0.232. The normalized spacial score (nSPS) is 14.4. The third kappa shape index (κ3) is 3.46. The minimum Gasteiger partial charge on any atom is -0.507 e. The Hall–Kier alpha value is -2.08. The number of nitrogens with zero attached hydrogens (tertiary/aromatic N) is 2. The van der Waals surface area contributed by atoms with Crippen molar-refractivity contribution in [3.8, 4) is 5.75 Å². The number of hydrogen-bond acceptors (Lipinski definition) is 4. The number of benzene rings is 1. The highest BCUT2D eigenvalue weighted by Gasteiger charge is 2.15. The Labute approximate surface area is 106 Å². The number of hydroxylamine groups is 1. The van der Waals surface area contributed by atoms with E-state index < -0.39 is 0 Å². The minimum atomic E-state index is -0.0467. The first-order valence-corrected chi connectivity index (χ1v) is 5.55. The Bertz CT molecular complexity index is 457. The molecule has 0 bridgehead atoms. The monoisotopic (exact) mass is 250 g/mol. The van der Waals surface area contributed by atoms with E-state index in [1.54, 1.807) is 30.7 Å². The van der Waals surface area contributed by atoms with Crippen LogP contribution in [-0.2, 0) is 0 Å². The Morgan fingerprint density at radius 2 is 2.11 bits per heavy atom. The first-order valence-electron chi connectivity index (χ1n) is 5.55. The summed E-state index contributed by atoms with van der Waals surface area (Å²) in [5, 5.41) is 18.3. The Balaban J connectivity index is 2.89. The van der Waals surface area contributed by atoms with Crippen molar-refractivity contribution < 1.29 is 10.3 Å². The van der Waals surface area contributed by atoms with Gasteiger partial charge in [-0.3, -0.25) is 15.2 Å². The molecular formula is C12H18N4O2. The molecule has 1 rings (SSSR count). The molecule has 6 nitrogen and oxygen atoms in total. The van der Waals surface area contributed by atoms with Crippen LogP contribution >= 0.6 is 0 Å². The van der Waals surface area contributed by atoms with Crippen molar-refractivity contribution in [2.24, 2.45) is 21.6 Å². The SMILES string of the molecule is CN=C(c1ccccc1O)C(C)CN=C(N)NO. The summed E-state index contributed by atoms with van der Waals surface area (Å²) in [7, 11) is 1.66. The summed E-state index contributed by atoms with van der Waals surface area (Å²) < 4.78 is 0. The average molecular weight is 250 g/mol. The molecule has 0 heterocycles. The smallest absolute Gasteiger partial charge is 0.212 e. The number of nitrogens with two attached hydrogens (primary N) is 1. The van der Waals surface area contributed by atoms with Crippen molar-refractivity contribution in [2.45, 2.75) is 6.92 Å². The lowest BCUT2D eigenvalue weighted by Crippen LogP contribution is -2.29. The molecule has 18 heavy (non-hydrogen) atoms. The van der Waals surface area contributed by atoms with Crippen molar-refractivity contribution in [3.05, 3.63) is 29.8 Å². The molecule has 1 aromatic rings. The molecule has 0 aromatic heterocycles. The van der Waals surface area contributed by atoms with Gasteiger partial charge in [0.15, 0.2) is 0 Å². The Morgan fingerprint density at radius 1 is 1.44 bits per heavy atom. The van der Waals surface area contributed by atoms with Gasteiger partial charge in [-0.2, -0.15) is 0 Å². The van der Waals surface area contributed by atoms with Gasteiger partial charge in [0.05, 0.1) is 12.3 Å². The Kier molecular flexibility index (Phi) is 5.13. The van der Waals surface area contributed by atoms with Gasteiger partial charge in [-0.25, -0.2) is 5.48 Å². The van der Waals surface area contributed by atoms with Crippen LogP contribution in [0.15, 0.2) is 34.3 Å². The third-order valence-electron chi connectivity index (χ3n) is 2.54. The van der Waals surface area contributed by atoms with Gasteiger partial charge in [0, 0.05) is 18.5 Å². The van der Waals surface area contributed by atoms with Crippen LogP contribution in [0.5, 0.6) is 5.75 Å². The van der Waals surface area contributed by atoms with Gasteiger partial charge in [0.1, 0.15) is 5.75 Å². The van der Waals surface area contributed by atoms with Crippen molar-refractivity contribution in [1.82, 2.24) is 5.48 Å². The highest BCUT2D eigenvalue weighted by Crippen LogP contribution is 2.20. The standard InChI is InChI=1S/C12H18N4O2/c1-8(7-15-12(13)16-18)11(14-2)9-5-3-4-6-10(9)17/h3-6,8,17-18H,7H2,1-2H3,(H3,13,15,16). The van der Waals surface area contributed by atoms with Crippen LogP contribution in [0, 0.1) is 5.92 Å². The fourth-order valence-corrected chi connectivity index (χ4v) is 1.65. The van der Waals surface area contributed by atoms with Crippen LogP contribution < -0.4 is 11.2 Å². The molecule has 1 atom stereocenters. The quantitative estimate of drug-likeness (QED) is 0.359. The molecule has 6 heteroatoms. The molecule has 0 aliphatic rings. The van der Waals surface area contributed by atoms with E-state index in [1.807, 2.05) is 13.0 Å². The maximum absolute atomic E-state index is 9.79. The largest absolute Gasteiger partial charge is 0.507 e. The summed E-state index contributed by atoms with van der Waals surface area (Å²) >= 11 is 0. The fourth-order valence-electron chi connectivity index (χ4n) is 1.65. The molecule has 0 aliphatic heterocycles. The van der Waals surface area contributed by atoms with Gasteiger partial charge in [-0.1, -0.05) is 19.1 Å². The van der Waals surface area contributed by atoms with E-state index in [0.717, 1.165) is 5.71 Å². The number of rotatable bonds is 4. The number of guanidine groups is 1. The second kappa shape index (κ2) is 6.61. The van der Waals surface area contributed by atoms with Gasteiger partial charge in [-0.05, 0) is 12.1 Å². The van der Waals surface area contributed by atoms with Crippen molar-refractivity contribution in [2.75, 3.05) is 13.6 Å². The predicted octanol–water partition coefficient (Wildman–Crippen LogP) is 0.741. The highest BCUT2D eigenvalue weighted by molar-refractivity contribution is 6.04. The molecule has 0 fully saturated rings. The summed E-state index contributed by atoms with van der Waals surface area (Å²) in [6.45, 7) is 2.28. The van der Waals surface area contributed by atoms with Crippen LogP contribution in [0.4, 0.5) is 0 Å². The summed E-state index contributed by atoms with van der Waals surface area (Å²) in [5.74, 6) is 0.104. The van der Waals surface area contributed by atoms with Gasteiger partial charge in [0.25, 0.3) is 0 Å². The molecular weight excluding hydrogens is 232 g/mol. The zero-order valence-corrected chi connectivity index (χ0v) is 10.5. The van der Waals surface area contributed by atoms with Crippen LogP contribution in [0.1, 0.15) is 12.5 Å². The molecule has 5 N–H and O–H groups in total. The maximum Gasteiger partial charge on any atom is 0.212 e. The first-order chi connectivity index (χ1) is 8.60. The van der Waals surface area contributed by atoms with Crippen molar-refractivity contribution >= 4 is 11.7 Å². The summed E-state index contributed by atoms with van der Waals surface area (Å²) in [4.78, 5) is 8.12. The van der Waals surface area contributed by atoms with E-state index in [2.05, 4.69) is 9.98 Å². The molecule has 0 saturated heterocycles. The lowest BCUT2D eigenvalue weighted by Gasteiger charge is -2.14. The average Bonchev–Trinajstić information content (AvgIpc) is 2.39. The summed E-state index contributed by atoms with van der Waals surface area (Å²) in [5.41, 5.74) is 8.52.